The Hall–Kier alpha value is -1.71. The molecule has 0 saturated carbocycles. The number of benzene rings is 2. The van der Waals surface area contributed by atoms with Gasteiger partial charge in [0.2, 0.25) is 0 Å². The summed E-state index contributed by atoms with van der Waals surface area (Å²) in [5.41, 5.74) is 0.937. The molecule has 106 valence electrons. The Morgan fingerprint density at radius 1 is 1.10 bits per heavy atom. The summed E-state index contributed by atoms with van der Waals surface area (Å²) in [4.78, 5) is 0. The Labute approximate surface area is 123 Å². The zero-order chi connectivity index (χ0) is 14.4. The monoisotopic (exact) mass is 292 g/mol. The quantitative estimate of drug-likeness (QED) is 0.885. The second kappa shape index (κ2) is 7.17. The number of aliphatic hydroxyl groups is 1. The number of ether oxygens (including phenoxy) is 2. The summed E-state index contributed by atoms with van der Waals surface area (Å²) in [7, 11) is 1.62. The number of para-hydroxylation sites is 1. The number of rotatable bonds is 6. The highest BCUT2D eigenvalue weighted by Crippen LogP contribution is 2.27. The van der Waals surface area contributed by atoms with E-state index in [4.69, 9.17) is 21.1 Å². The van der Waals surface area contributed by atoms with Crippen LogP contribution in [-0.4, -0.2) is 25.4 Å². The van der Waals surface area contributed by atoms with Gasteiger partial charge in [-0.15, -0.1) is 0 Å². The third kappa shape index (κ3) is 3.65. The van der Waals surface area contributed by atoms with Gasteiger partial charge in [0, 0.05) is 16.5 Å². The highest BCUT2D eigenvalue weighted by Gasteiger charge is 2.15. The maximum Gasteiger partial charge on any atom is 0.122 e. The predicted molar refractivity (Wildman–Crippen MR) is 79.8 cm³/mol. The minimum absolute atomic E-state index is 0.00599. The lowest BCUT2D eigenvalue weighted by atomic mass is 10.00. The van der Waals surface area contributed by atoms with Crippen molar-refractivity contribution in [3.8, 4) is 11.5 Å². The van der Waals surface area contributed by atoms with E-state index >= 15 is 0 Å². The minimum atomic E-state index is -0.137. The van der Waals surface area contributed by atoms with Crippen molar-refractivity contribution in [2.45, 2.75) is 5.92 Å². The van der Waals surface area contributed by atoms with Crippen molar-refractivity contribution in [2.24, 2.45) is 0 Å². The maximum absolute atomic E-state index is 9.56. The fourth-order valence-corrected chi connectivity index (χ4v) is 2.10. The summed E-state index contributed by atoms with van der Waals surface area (Å²) in [6.45, 7) is 0.368. The van der Waals surface area contributed by atoms with E-state index in [9.17, 15) is 5.11 Å². The molecule has 0 bridgehead atoms. The molecule has 0 radical (unpaired) electrons. The van der Waals surface area contributed by atoms with Crippen molar-refractivity contribution in [2.75, 3.05) is 20.3 Å². The highest BCUT2D eigenvalue weighted by atomic mass is 35.5. The topological polar surface area (TPSA) is 38.7 Å². The van der Waals surface area contributed by atoms with E-state index in [0.717, 1.165) is 17.1 Å². The number of aliphatic hydroxyl groups excluding tert-OH is 1. The van der Waals surface area contributed by atoms with Gasteiger partial charge >= 0.3 is 0 Å². The first-order valence-corrected chi connectivity index (χ1v) is 6.74. The van der Waals surface area contributed by atoms with E-state index in [0.29, 0.717) is 11.6 Å². The first-order valence-electron chi connectivity index (χ1n) is 6.36. The van der Waals surface area contributed by atoms with Gasteiger partial charge in [-0.05, 0) is 30.3 Å². The summed E-state index contributed by atoms with van der Waals surface area (Å²) >= 11 is 5.83. The first-order chi connectivity index (χ1) is 9.74. The highest BCUT2D eigenvalue weighted by molar-refractivity contribution is 6.30. The molecular formula is C16H17ClO3. The average Bonchev–Trinajstić information content (AvgIpc) is 2.50. The van der Waals surface area contributed by atoms with Crippen LogP contribution in [0.3, 0.4) is 0 Å². The number of hydrogen-bond donors (Lipinski definition) is 1. The molecule has 1 atom stereocenters. The van der Waals surface area contributed by atoms with Crippen LogP contribution >= 0.6 is 11.6 Å². The Kier molecular flexibility index (Phi) is 5.27. The van der Waals surface area contributed by atoms with Crippen LogP contribution in [0.15, 0.2) is 48.5 Å². The Morgan fingerprint density at radius 2 is 1.80 bits per heavy atom. The molecule has 0 fully saturated rings. The van der Waals surface area contributed by atoms with Crippen molar-refractivity contribution in [1.82, 2.24) is 0 Å². The van der Waals surface area contributed by atoms with Gasteiger partial charge in [-0.2, -0.15) is 0 Å². The standard InChI is InChI=1S/C16H17ClO3/c1-19-16-5-3-2-4-15(16)12(10-18)11-20-14-8-6-13(17)7-9-14/h2-9,12,18H,10-11H2,1H3. The van der Waals surface area contributed by atoms with Crippen LogP contribution in [0, 0.1) is 0 Å². The third-order valence-corrected chi connectivity index (χ3v) is 3.32. The molecule has 2 rings (SSSR count). The molecule has 4 heteroatoms. The smallest absolute Gasteiger partial charge is 0.122 e. The van der Waals surface area contributed by atoms with Crippen LogP contribution < -0.4 is 9.47 Å². The molecular weight excluding hydrogens is 276 g/mol. The van der Waals surface area contributed by atoms with Crippen molar-refractivity contribution in [3.63, 3.8) is 0 Å². The first kappa shape index (κ1) is 14.7. The number of halogens is 1. The van der Waals surface area contributed by atoms with Gasteiger partial charge in [-0.25, -0.2) is 0 Å². The molecule has 0 aliphatic heterocycles. The van der Waals surface area contributed by atoms with E-state index in [1.807, 2.05) is 24.3 Å². The summed E-state index contributed by atoms with van der Waals surface area (Å²) in [5.74, 6) is 1.34. The fraction of sp³-hybridized carbons (Fsp3) is 0.250. The van der Waals surface area contributed by atoms with Gasteiger partial charge in [0.05, 0.1) is 20.3 Å². The molecule has 0 amide bonds. The van der Waals surface area contributed by atoms with Gasteiger partial charge < -0.3 is 14.6 Å². The molecule has 0 aliphatic carbocycles. The second-order valence-corrected chi connectivity index (χ2v) is 4.82. The molecule has 2 aromatic rings. The van der Waals surface area contributed by atoms with E-state index in [2.05, 4.69) is 0 Å². The van der Waals surface area contributed by atoms with Crippen LogP contribution in [0.5, 0.6) is 11.5 Å². The fourth-order valence-electron chi connectivity index (χ4n) is 1.97. The molecule has 0 spiro atoms. The molecule has 1 unspecified atom stereocenters. The lowest BCUT2D eigenvalue weighted by Crippen LogP contribution is -2.15. The summed E-state index contributed by atoms with van der Waals surface area (Å²) in [5, 5.41) is 10.2. The van der Waals surface area contributed by atoms with Crippen molar-refractivity contribution in [1.29, 1.82) is 0 Å². The second-order valence-electron chi connectivity index (χ2n) is 4.39. The third-order valence-electron chi connectivity index (χ3n) is 3.06. The Morgan fingerprint density at radius 3 is 2.45 bits per heavy atom. The van der Waals surface area contributed by atoms with Crippen LogP contribution in [0.25, 0.3) is 0 Å². The van der Waals surface area contributed by atoms with E-state index in [1.54, 1.807) is 31.4 Å². The number of hydrogen-bond acceptors (Lipinski definition) is 3. The zero-order valence-corrected chi connectivity index (χ0v) is 12.0. The van der Waals surface area contributed by atoms with Crippen molar-refractivity contribution < 1.29 is 14.6 Å². The Balaban J connectivity index is 2.07. The summed E-state index contributed by atoms with van der Waals surface area (Å²) in [6, 6.07) is 14.8. The molecule has 2 aromatic carbocycles. The average molecular weight is 293 g/mol. The molecule has 3 nitrogen and oxygen atoms in total. The summed E-state index contributed by atoms with van der Waals surface area (Å²) in [6.07, 6.45) is 0. The number of methoxy groups -OCH3 is 1. The van der Waals surface area contributed by atoms with E-state index in [1.165, 1.54) is 0 Å². The van der Waals surface area contributed by atoms with Gasteiger partial charge in [0.25, 0.3) is 0 Å². The SMILES string of the molecule is COc1ccccc1C(CO)COc1ccc(Cl)cc1. The van der Waals surface area contributed by atoms with Crippen molar-refractivity contribution >= 4 is 11.6 Å². The molecule has 0 saturated heterocycles. The van der Waals surface area contributed by atoms with Crippen LogP contribution in [0.1, 0.15) is 11.5 Å². The van der Waals surface area contributed by atoms with Crippen molar-refractivity contribution in [3.05, 3.63) is 59.1 Å². The van der Waals surface area contributed by atoms with Crippen LogP contribution in [-0.2, 0) is 0 Å². The maximum atomic E-state index is 9.56. The predicted octanol–water partition coefficient (Wildman–Crippen LogP) is 3.50. The molecule has 20 heavy (non-hydrogen) atoms. The van der Waals surface area contributed by atoms with Gasteiger partial charge in [-0.1, -0.05) is 29.8 Å². The minimum Gasteiger partial charge on any atom is -0.496 e. The molecule has 0 aliphatic rings. The largest absolute Gasteiger partial charge is 0.496 e. The Bertz CT molecular complexity index is 540. The molecule has 1 N–H and O–H groups in total. The molecule has 0 aromatic heterocycles. The van der Waals surface area contributed by atoms with Crippen LogP contribution in [0.2, 0.25) is 5.02 Å². The molecule has 0 heterocycles. The van der Waals surface area contributed by atoms with Gasteiger partial charge in [0.1, 0.15) is 11.5 Å². The van der Waals surface area contributed by atoms with Crippen LogP contribution in [0.4, 0.5) is 0 Å². The lowest BCUT2D eigenvalue weighted by molar-refractivity contribution is 0.202. The van der Waals surface area contributed by atoms with Gasteiger partial charge in [-0.3, -0.25) is 0 Å². The summed E-state index contributed by atoms with van der Waals surface area (Å²) < 4.78 is 11.0. The lowest BCUT2D eigenvalue weighted by Gasteiger charge is -2.18. The zero-order valence-electron chi connectivity index (χ0n) is 11.3. The van der Waals surface area contributed by atoms with E-state index in [-0.39, 0.29) is 12.5 Å². The van der Waals surface area contributed by atoms with Gasteiger partial charge in [0.15, 0.2) is 0 Å². The normalized spacial score (nSPS) is 11.9. The van der Waals surface area contributed by atoms with E-state index < -0.39 is 0 Å².